The van der Waals surface area contributed by atoms with Crippen LogP contribution in [0, 0.1) is 33.1 Å². The number of ether oxygens (including phenoxy) is 1. The number of nitriles is 1. The fourth-order valence-corrected chi connectivity index (χ4v) is 1.15. The second-order valence-electron chi connectivity index (χ2n) is 3.97. The molecule has 1 aromatic carbocycles. The first-order valence-corrected chi connectivity index (χ1v) is 5.19. The second kappa shape index (κ2) is 5.58. The van der Waals surface area contributed by atoms with Crippen molar-refractivity contribution < 1.29 is 18.4 Å². The Balaban J connectivity index is 2.96. The highest BCUT2D eigenvalue weighted by molar-refractivity contribution is 5.39. The van der Waals surface area contributed by atoms with E-state index in [0.717, 1.165) is 0 Å². The van der Waals surface area contributed by atoms with Gasteiger partial charge in [0.05, 0.1) is 17.1 Å². The first kappa shape index (κ1) is 14.8. The maximum atomic E-state index is 13.5. The lowest BCUT2D eigenvalue weighted by Crippen LogP contribution is -2.43. The van der Waals surface area contributed by atoms with Gasteiger partial charge in [0.25, 0.3) is 0 Å². The van der Waals surface area contributed by atoms with Crippen LogP contribution in [-0.2, 0) is 0 Å². The van der Waals surface area contributed by atoms with E-state index in [-0.39, 0.29) is 6.61 Å². The predicted octanol–water partition coefficient (Wildman–Crippen LogP) is 1.75. The van der Waals surface area contributed by atoms with Crippen LogP contribution in [-0.4, -0.2) is 24.1 Å². The van der Waals surface area contributed by atoms with E-state index in [2.05, 4.69) is 5.32 Å². The second-order valence-corrected chi connectivity index (χ2v) is 3.97. The van der Waals surface area contributed by atoms with Gasteiger partial charge in [0.2, 0.25) is 5.82 Å². The molecule has 0 saturated carbocycles. The molecule has 0 bridgehead atoms. The number of rotatable bonds is 5. The summed E-state index contributed by atoms with van der Waals surface area (Å²) in [5.74, 6) is -2.76. The number of halogens is 2. The van der Waals surface area contributed by atoms with Crippen LogP contribution in [0.25, 0.3) is 0 Å². The molecule has 102 valence electrons. The minimum atomic E-state index is -1.20. The van der Waals surface area contributed by atoms with Crippen molar-refractivity contribution in [3.63, 3.8) is 0 Å². The van der Waals surface area contributed by atoms with Gasteiger partial charge in [-0.05, 0) is 14.0 Å². The summed E-state index contributed by atoms with van der Waals surface area (Å²) in [6.45, 7) is 1.26. The Bertz CT molecular complexity index is 545. The maximum Gasteiger partial charge on any atom is 0.307 e. The van der Waals surface area contributed by atoms with E-state index < -0.39 is 33.5 Å². The third-order valence-corrected chi connectivity index (χ3v) is 2.51. The normalized spacial score (nSPS) is 13.4. The molecule has 0 aliphatic rings. The van der Waals surface area contributed by atoms with E-state index in [1.54, 1.807) is 0 Å². The molecule has 1 aromatic rings. The van der Waals surface area contributed by atoms with Gasteiger partial charge < -0.3 is 4.74 Å². The van der Waals surface area contributed by atoms with E-state index in [1.165, 1.54) is 14.0 Å². The smallest absolute Gasteiger partial charge is 0.307 e. The number of nitro groups is 1. The van der Waals surface area contributed by atoms with E-state index in [9.17, 15) is 18.9 Å². The highest BCUT2D eigenvalue weighted by atomic mass is 19.1. The number of nitrogens with zero attached hydrogens (tertiary/aromatic N) is 2. The van der Waals surface area contributed by atoms with Crippen molar-refractivity contribution in [2.75, 3.05) is 13.7 Å². The van der Waals surface area contributed by atoms with E-state index in [0.29, 0.717) is 12.1 Å². The van der Waals surface area contributed by atoms with E-state index >= 15 is 0 Å². The van der Waals surface area contributed by atoms with Crippen molar-refractivity contribution in [1.82, 2.24) is 5.32 Å². The fraction of sp³-hybridized carbons (Fsp3) is 0.364. The van der Waals surface area contributed by atoms with Crippen LogP contribution in [0.4, 0.5) is 14.5 Å². The van der Waals surface area contributed by atoms with Gasteiger partial charge in [-0.3, -0.25) is 15.4 Å². The zero-order valence-electron chi connectivity index (χ0n) is 10.2. The summed E-state index contributed by atoms with van der Waals surface area (Å²) in [6.07, 6.45) is 0. The molecule has 6 nitrogen and oxygen atoms in total. The van der Waals surface area contributed by atoms with Crippen molar-refractivity contribution in [2.45, 2.75) is 12.5 Å². The third kappa shape index (κ3) is 3.35. The van der Waals surface area contributed by atoms with E-state index in [4.69, 9.17) is 10.00 Å². The molecule has 0 saturated heterocycles. The average molecular weight is 271 g/mol. The SMILES string of the molecule is CNC(C)(C#N)COc1cc(F)c([N+](=O)[O-])cc1F. The summed E-state index contributed by atoms with van der Waals surface area (Å²) in [5, 5.41) is 21.9. The molecule has 19 heavy (non-hydrogen) atoms. The van der Waals surface area contributed by atoms with Crippen LogP contribution in [0.1, 0.15) is 6.92 Å². The Morgan fingerprint density at radius 1 is 1.53 bits per heavy atom. The van der Waals surface area contributed by atoms with Crippen LogP contribution in [0.15, 0.2) is 12.1 Å². The molecular weight excluding hydrogens is 260 g/mol. The third-order valence-electron chi connectivity index (χ3n) is 2.51. The molecule has 1 N–H and O–H groups in total. The highest BCUT2D eigenvalue weighted by Crippen LogP contribution is 2.26. The molecule has 0 aliphatic heterocycles. The van der Waals surface area contributed by atoms with Crippen molar-refractivity contribution in [3.8, 4) is 11.8 Å². The lowest BCUT2D eigenvalue weighted by atomic mass is 10.1. The van der Waals surface area contributed by atoms with Gasteiger partial charge in [0.15, 0.2) is 11.6 Å². The molecule has 0 amide bonds. The predicted molar refractivity (Wildman–Crippen MR) is 61.6 cm³/mol. The fourth-order valence-electron chi connectivity index (χ4n) is 1.15. The zero-order chi connectivity index (χ0) is 14.6. The molecular formula is C11H11F2N3O3. The van der Waals surface area contributed by atoms with Gasteiger partial charge >= 0.3 is 5.69 Å². The number of hydrogen-bond acceptors (Lipinski definition) is 5. The van der Waals surface area contributed by atoms with Crippen molar-refractivity contribution >= 4 is 5.69 Å². The summed E-state index contributed by atoms with van der Waals surface area (Å²) in [6, 6.07) is 2.92. The summed E-state index contributed by atoms with van der Waals surface area (Å²) in [4.78, 5) is 9.37. The van der Waals surface area contributed by atoms with Gasteiger partial charge in [-0.25, -0.2) is 4.39 Å². The summed E-state index contributed by atoms with van der Waals surface area (Å²) < 4.78 is 31.7. The highest BCUT2D eigenvalue weighted by Gasteiger charge is 2.24. The van der Waals surface area contributed by atoms with Crippen molar-refractivity contribution in [1.29, 1.82) is 5.26 Å². The molecule has 0 aliphatic carbocycles. The number of benzene rings is 1. The summed E-state index contributed by atoms with van der Waals surface area (Å²) in [5.41, 5.74) is -2.05. The topological polar surface area (TPSA) is 88.2 Å². The molecule has 0 heterocycles. The molecule has 0 fully saturated rings. The van der Waals surface area contributed by atoms with Crippen LogP contribution >= 0.6 is 0 Å². The number of likely N-dealkylation sites (N-methyl/N-ethyl adjacent to an activating group) is 1. The van der Waals surface area contributed by atoms with Gasteiger partial charge in [-0.1, -0.05) is 0 Å². The number of nitro benzene ring substituents is 1. The molecule has 0 radical (unpaired) electrons. The standard InChI is InChI=1S/C11H11F2N3O3/c1-11(5-14,15-2)6-19-10-4-7(12)9(16(17)18)3-8(10)13/h3-4,15H,6H2,1-2H3. The number of nitrogens with one attached hydrogen (secondary N) is 1. The largest absolute Gasteiger partial charge is 0.487 e. The lowest BCUT2D eigenvalue weighted by Gasteiger charge is -2.21. The van der Waals surface area contributed by atoms with Gasteiger partial charge in [0.1, 0.15) is 12.1 Å². The van der Waals surface area contributed by atoms with Crippen LogP contribution in [0.2, 0.25) is 0 Å². The molecule has 0 spiro atoms. The van der Waals surface area contributed by atoms with Crippen LogP contribution < -0.4 is 10.1 Å². The first-order valence-electron chi connectivity index (χ1n) is 5.19. The van der Waals surface area contributed by atoms with Crippen LogP contribution in [0.5, 0.6) is 5.75 Å². The Labute approximate surface area is 107 Å². The molecule has 1 rings (SSSR count). The Morgan fingerprint density at radius 3 is 2.63 bits per heavy atom. The summed E-state index contributed by atoms with van der Waals surface area (Å²) in [7, 11) is 1.51. The first-order chi connectivity index (χ1) is 8.83. The molecule has 1 unspecified atom stereocenters. The monoisotopic (exact) mass is 271 g/mol. The van der Waals surface area contributed by atoms with Crippen LogP contribution in [0.3, 0.4) is 0 Å². The molecule has 1 atom stereocenters. The van der Waals surface area contributed by atoms with Crippen molar-refractivity contribution in [3.05, 3.63) is 33.9 Å². The van der Waals surface area contributed by atoms with E-state index in [1.807, 2.05) is 6.07 Å². The maximum absolute atomic E-state index is 13.5. The zero-order valence-corrected chi connectivity index (χ0v) is 10.2. The Kier molecular flexibility index (Phi) is 4.34. The number of hydrogen-bond donors (Lipinski definition) is 1. The van der Waals surface area contributed by atoms with Crippen molar-refractivity contribution in [2.24, 2.45) is 0 Å². The average Bonchev–Trinajstić information content (AvgIpc) is 2.38. The van der Waals surface area contributed by atoms with Gasteiger partial charge in [0, 0.05) is 6.07 Å². The minimum Gasteiger partial charge on any atom is -0.487 e. The Hall–Kier alpha value is -2.27. The Morgan fingerprint density at radius 2 is 2.16 bits per heavy atom. The molecule has 8 heteroatoms. The molecule has 0 aromatic heterocycles. The summed E-state index contributed by atoms with van der Waals surface area (Å²) >= 11 is 0. The lowest BCUT2D eigenvalue weighted by molar-refractivity contribution is -0.387. The van der Waals surface area contributed by atoms with Gasteiger partial charge in [-0.2, -0.15) is 9.65 Å². The quantitative estimate of drug-likeness (QED) is 0.651. The minimum absolute atomic E-state index is 0.242. The van der Waals surface area contributed by atoms with Gasteiger partial charge in [-0.15, -0.1) is 0 Å².